The Labute approximate surface area is 117 Å². The van der Waals surface area contributed by atoms with Gasteiger partial charge in [0, 0.05) is 19.2 Å². The van der Waals surface area contributed by atoms with Gasteiger partial charge in [-0.3, -0.25) is 0 Å². The van der Waals surface area contributed by atoms with Gasteiger partial charge in [0.2, 0.25) is 0 Å². The van der Waals surface area contributed by atoms with Crippen molar-refractivity contribution in [3.05, 3.63) is 24.4 Å². The molecule has 0 aliphatic carbocycles. The van der Waals surface area contributed by atoms with Crippen LogP contribution in [0.2, 0.25) is 0 Å². The summed E-state index contributed by atoms with van der Waals surface area (Å²) in [4.78, 5) is 6.95. The number of pyridine rings is 1. The van der Waals surface area contributed by atoms with Gasteiger partial charge in [-0.15, -0.1) is 0 Å². The van der Waals surface area contributed by atoms with Crippen LogP contribution in [0, 0.1) is 0 Å². The minimum absolute atomic E-state index is 0.698. The van der Waals surface area contributed by atoms with Gasteiger partial charge in [-0.2, -0.15) is 0 Å². The van der Waals surface area contributed by atoms with Gasteiger partial charge in [-0.25, -0.2) is 4.98 Å². The van der Waals surface area contributed by atoms with Gasteiger partial charge in [-0.1, -0.05) is 6.07 Å². The van der Waals surface area contributed by atoms with Crippen molar-refractivity contribution >= 4 is 5.82 Å². The second-order valence-electron chi connectivity index (χ2n) is 6.27. The normalized spacial score (nSPS) is 19.8. The third kappa shape index (κ3) is 2.92. The van der Waals surface area contributed by atoms with E-state index in [1.165, 1.54) is 24.0 Å². The van der Waals surface area contributed by atoms with Gasteiger partial charge in [0.1, 0.15) is 5.82 Å². The maximum Gasteiger partial charge on any atom is 0.128 e. The standard InChI is InChI=1S/C16H28N3/c1-14(2)19(15(3)4)12-7-10-18(11-13-19)16-8-5-6-9-17-16/h5-6,8-9,14-15H,7,10-13H2,1-4H3/q+1. The van der Waals surface area contributed by atoms with Crippen LogP contribution in [-0.4, -0.2) is 47.7 Å². The topological polar surface area (TPSA) is 16.1 Å². The molecule has 0 spiro atoms. The van der Waals surface area contributed by atoms with Crippen molar-refractivity contribution in [2.75, 3.05) is 31.1 Å². The first-order valence-corrected chi connectivity index (χ1v) is 7.58. The highest BCUT2D eigenvalue weighted by Gasteiger charge is 2.36. The van der Waals surface area contributed by atoms with Crippen molar-refractivity contribution in [3.8, 4) is 0 Å². The second-order valence-corrected chi connectivity index (χ2v) is 6.27. The van der Waals surface area contributed by atoms with E-state index < -0.39 is 0 Å². The Kier molecular flexibility index (Phi) is 4.46. The molecule has 0 saturated carbocycles. The largest absolute Gasteiger partial charge is 0.351 e. The number of anilines is 1. The van der Waals surface area contributed by atoms with E-state index in [2.05, 4.69) is 49.7 Å². The summed E-state index contributed by atoms with van der Waals surface area (Å²) in [5.41, 5.74) is 0. The van der Waals surface area contributed by atoms with E-state index in [4.69, 9.17) is 0 Å². The summed E-state index contributed by atoms with van der Waals surface area (Å²) in [5.74, 6) is 1.13. The Bertz CT molecular complexity index is 378. The molecule has 0 amide bonds. The molecule has 1 aliphatic rings. The van der Waals surface area contributed by atoms with Crippen LogP contribution in [0.25, 0.3) is 0 Å². The average molecular weight is 262 g/mol. The van der Waals surface area contributed by atoms with Gasteiger partial charge in [-0.05, 0) is 39.8 Å². The summed E-state index contributed by atoms with van der Waals surface area (Å²) in [5, 5.41) is 0. The van der Waals surface area contributed by atoms with E-state index in [-0.39, 0.29) is 0 Å². The highest BCUT2D eigenvalue weighted by molar-refractivity contribution is 5.37. The van der Waals surface area contributed by atoms with E-state index in [1.807, 2.05) is 12.3 Å². The number of hydrogen-bond acceptors (Lipinski definition) is 2. The smallest absolute Gasteiger partial charge is 0.128 e. The van der Waals surface area contributed by atoms with Crippen LogP contribution >= 0.6 is 0 Å². The summed E-state index contributed by atoms with van der Waals surface area (Å²) in [6.45, 7) is 14.3. The first-order valence-electron chi connectivity index (χ1n) is 7.58. The molecule has 1 aromatic rings. The van der Waals surface area contributed by atoms with E-state index >= 15 is 0 Å². The summed E-state index contributed by atoms with van der Waals surface area (Å²) in [7, 11) is 0. The quantitative estimate of drug-likeness (QED) is 0.779. The Morgan fingerprint density at radius 1 is 1.05 bits per heavy atom. The van der Waals surface area contributed by atoms with Crippen LogP contribution in [0.3, 0.4) is 0 Å². The SMILES string of the molecule is CC(C)[N+]1(C(C)C)CCCN(c2ccccn2)CC1. The van der Waals surface area contributed by atoms with Gasteiger partial charge < -0.3 is 9.38 Å². The number of aromatic nitrogens is 1. The van der Waals surface area contributed by atoms with Crippen LogP contribution < -0.4 is 4.90 Å². The summed E-state index contributed by atoms with van der Waals surface area (Å²) in [6, 6.07) is 7.60. The van der Waals surface area contributed by atoms with Gasteiger partial charge in [0.15, 0.2) is 0 Å². The molecule has 1 aromatic heterocycles. The fourth-order valence-electron chi connectivity index (χ4n) is 3.49. The van der Waals surface area contributed by atoms with Crippen molar-refractivity contribution in [3.63, 3.8) is 0 Å². The summed E-state index contributed by atoms with van der Waals surface area (Å²) in [6.07, 6.45) is 3.15. The Hall–Kier alpha value is -1.09. The van der Waals surface area contributed by atoms with Crippen molar-refractivity contribution in [1.29, 1.82) is 0 Å². The molecule has 19 heavy (non-hydrogen) atoms. The first kappa shape index (κ1) is 14.3. The van der Waals surface area contributed by atoms with Crippen LogP contribution in [0.4, 0.5) is 5.82 Å². The third-order valence-corrected chi connectivity index (χ3v) is 4.82. The molecule has 0 N–H and O–H groups in total. The molecule has 3 nitrogen and oxygen atoms in total. The van der Waals surface area contributed by atoms with E-state index in [0.29, 0.717) is 12.1 Å². The zero-order chi connectivity index (χ0) is 13.9. The van der Waals surface area contributed by atoms with Crippen LogP contribution in [0.1, 0.15) is 34.1 Å². The highest BCUT2D eigenvalue weighted by atomic mass is 15.4. The minimum atomic E-state index is 0.698. The first-order chi connectivity index (χ1) is 9.06. The maximum absolute atomic E-state index is 4.50. The maximum atomic E-state index is 4.50. The lowest BCUT2D eigenvalue weighted by atomic mass is 10.1. The van der Waals surface area contributed by atoms with Gasteiger partial charge >= 0.3 is 0 Å². The third-order valence-electron chi connectivity index (χ3n) is 4.82. The Morgan fingerprint density at radius 3 is 2.37 bits per heavy atom. The van der Waals surface area contributed by atoms with Gasteiger partial charge in [0.05, 0.1) is 31.7 Å². The molecule has 0 unspecified atom stereocenters. The summed E-state index contributed by atoms with van der Waals surface area (Å²) >= 11 is 0. The second kappa shape index (κ2) is 5.91. The van der Waals surface area contributed by atoms with Crippen molar-refractivity contribution in [2.24, 2.45) is 0 Å². The molecule has 1 fully saturated rings. The molecule has 0 bridgehead atoms. The highest BCUT2D eigenvalue weighted by Crippen LogP contribution is 2.24. The zero-order valence-corrected chi connectivity index (χ0v) is 12.8. The molecule has 0 radical (unpaired) electrons. The van der Waals surface area contributed by atoms with Crippen molar-refractivity contribution < 1.29 is 4.48 Å². The molecule has 0 aromatic carbocycles. The molecular weight excluding hydrogens is 234 g/mol. The lowest BCUT2D eigenvalue weighted by Gasteiger charge is -2.45. The van der Waals surface area contributed by atoms with Gasteiger partial charge in [0.25, 0.3) is 0 Å². The Morgan fingerprint density at radius 2 is 1.79 bits per heavy atom. The fourth-order valence-corrected chi connectivity index (χ4v) is 3.49. The predicted molar refractivity (Wildman–Crippen MR) is 81.3 cm³/mol. The molecule has 106 valence electrons. The monoisotopic (exact) mass is 262 g/mol. The van der Waals surface area contributed by atoms with E-state index in [1.54, 1.807) is 0 Å². The molecule has 3 heteroatoms. The number of rotatable bonds is 3. The number of nitrogens with zero attached hydrogens (tertiary/aromatic N) is 3. The van der Waals surface area contributed by atoms with Crippen LogP contribution in [0.15, 0.2) is 24.4 Å². The fraction of sp³-hybridized carbons (Fsp3) is 0.688. The van der Waals surface area contributed by atoms with Crippen LogP contribution in [0.5, 0.6) is 0 Å². The molecule has 2 heterocycles. The van der Waals surface area contributed by atoms with Crippen molar-refractivity contribution in [1.82, 2.24) is 4.98 Å². The molecule has 1 saturated heterocycles. The molecule has 2 rings (SSSR count). The molecular formula is C16H28N3+. The minimum Gasteiger partial charge on any atom is -0.351 e. The number of hydrogen-bond donors (Lipinski definition) is 0. The average Bonchev–Trinajstić information content (AvgIpc) is 2.63. The zero-order valence-electron chi connectivity index (χ0n) is 12.8. The predicted octanol–water partition coefficient (Wildman–Crippen LogP) is 2.93. The molecule has 1 aliphatic heterocycles. The van der Waals surface area contributed by atoms with Crippen LogP contribution in [-0.2, 0) is 0 Å². The number of quaternary nitrogens is 1. The van der Waals surface area contributed by atoms with Crippen molar-refractivity contribution in [2.45, 2.75) is 46.2 Å². The lowest BCUT2D eigenvalue weighted by Crippen LogP contribution is -2.59. The summed E-state index contributed by atoms with van der Waals surface area (Å²) < 4.78 is 1.24. The van der Waals surface area contributed by atoms with E-state index in [0.717, 1.165) is 18.9 Å². The van der Waals surface area contributed by atoms with E-state index in [9.17, 15) is 0 Å². The molecule has 0 atom stereocenters. The lowest BCUT2D eigenvalue weighted by molar-refractivity contribution is -0.964. The Balaban J connectivity index is 2.13.